The number of anilines is 1. The molecule has 2 heterocycles. The van der Waals surface area contributed by atoms with Crippen molar-refractivity contribution >= 4 is 11.9 Å². The summed E-state index contributed by atoms with van der Waals surface area (Å²) in [7, 11) is 1.88. The number of aryl methyl sites for hydroxylation is 1. The zero-order valence-corrected chi connectivity index (χ0v) is 15.3. The first-order chi connectivity index (χ1) is 12.2. The lowest BCUT2D eigenvalue weighted by molar-refractivity contribution is -0.122. The number of amides is 1. The van der Waals surface area contributed by atoms with Crippen LogP contribution >= 0.6 is 0 Å². The van der Waals surface area contributed by atoms with Crippen molar-refractivity contribution in [2.45, 2.75) is 63.7 Å². The molecular weight excluding hydrogens is 314 g/mol. The molecule has 1 amide bonds. The first-order valence-corrected chi connectivity index (χ1v) is 10.1. The predicted molar refractivity (Wildman–Crippen MR) is 97.3 cm³/mol. The molecule has 3 atom stereocenters. The second kappa shape index (κ2) is 7.44. The van der Waals surface area contributed by atoms with Gasteiger partial charge < -0.3 is 5.32 Å². The Morgan fingerprint density at radius 1 is 1.08 bits per heavy atom. The van der Waals surface area contributed by atoms with Crippen molar-refractivity contribution in [1.82, 2.24) is 20.1 Å². The van der Waals surface area contributed by atoms with Gasteiger partial charge in [-0.05, 0) is 57.0 Å². The molecule has 6 heteroatoms. The van der Waals surface area contributed by atoms with E-state index < -0.39 is 0 Å². The lowest BCUT2D eigenvalue weighted by Gasteiger charge is -2.38. The number of fused-ring (bicyclic) bond motifs is 1. The molecule has 0 bridgehead atoms. The van der Waals surface area contributed by atoms with Crippen molar-refractivity contribution in [3.05, 3.63) is 5.82 Å². The summed E-state index contributed by atoms with van der Waals surface area (Å²) in [5.41, 5.74) is 0. The Morgan fingerprint density at radius 2 is 1.84 bits per heavy atom. The van der Waals surface area contributed by atoms with Crippen LogP contribution in [0, 0.1) is 17.8 Å². The van der Waals surface area contributed by atoms with Gasteiger partial charge in [0.2, 0.25) is 11.9 Å². The van der Waals surface area contributed by atoms with Gasteiger partial charge in [-0.25, -0.2) is 4.68 Å². The Labute approximate surface area is 150 Å². The van der Waals surface area contributed by atoms with E-state index in [1.165, 1.54) is 32.1 Å². The van der Waals surface area contributed by atoms with Crippen molar-refractivity contribution in [2.75, 3.05) is 18.4 Å². The number of hydrogen-bond donors (Lipinski definition) is 2. The first-order valence-electron chi connectivity index (χ1n) is 10.1. The second-order valence-electron chi connectivity index (χ2n) is 8.25. The quantitative estimate of drug-likeness (QED) is 0.884. The van der Waals surface area contributed by atoms with E-state index in [1.54, 1.807) is 4.68 Å². The highest BCUT2D eigenvalue weighted by Gasteiger charge is 2.35. The molecule has 0 aromatic carbocycles. The molecule has 1 saturated heterocycles. The third-order valence-corrected chi connectivity index (χ3v) is 6.63. The van der Waals surface area contributed by atoms with Crippen LogP contribution in [0.4, 0.5) is 5.95 Å². The maximum absolute atomic E-state index is 12.8. The molecule has 138 valence electrons. The smallest absolute Gasteiger partial charge is 0.229 e. The number of piperidine rings is 1. The highest BCUT2D eigenvalue weighted by molar-refractivity contribution is 5.91. The van der Waals surface area contributed by atoms with Gasteiger partial charge in [-0.15, -0.1) is 0 Å². The first kappa shape index (κ1) is 17.0. The number of hydrogen-bond acceptors (Lipinski definition) is 4. The summed E-state index contributed by atoms with van der Waals surface area (Å²) in [5.74, 6) is 3.85. The van der Waals surface area contributed by atoms with E-state index in [-0.39, 0.29) is 11.8 Å². The van der Waals surface area contributed by atoms with Gasteiger partial charge in [-0.2, -0.15) is 10.1 Å². The minimum atomic E-state index is 0.149. The molecule has 1 aromatic rings. The fraction of sp³-hybridized carbons (Fsp3) is 0.842. The highest BCUT2D eigenvalue weighted by Crippen LogP contribution is 2.42. The van der Waals surface area contributed by atoms with E-state index in [1.807, 2.05) is 7.05 Å². The van der Waals surface area contributed by atoms with Crippen molar-refractivity contribution in [3.8, 4) is 0 Å². The van der Waals surface area contributed by atoms with Crippen LogP contribution in [0.25, 0.3) is 0 Å². The molecule has 3 unspecified atom stereocenters. The Kier molecular flexibility index (Phi) is 5.06. The summed E-state index contributed by atoms with van der Waals surface area (Å²) in [6.07, 6.45) is 10.9. The fourth-order valence-corrected chi connectivity index (χ4v) is 5.09. The number of aromatic nitrogens is 3. The third-order valence-electron chi connectivity index (χ3n) is 6.63. The summed E-state index contributed by atoms with van der Waals surface area (Å²) in [4.78, 5) is 17.4. The maximum Gasteiger partial charge on any atom is 0.229 e. The molecule has 0 radical (unpaired) electrons. The van der Waals surface area contributed by atoms with Crippen LogP contribution in [0.2, 0.25) is 0 Å². The number of carbonyl (C=O) groups excluding carboxylic acids is 1. The topological polar surface area (TPSA) is 71.8 Å². The van der Waals surface area contributed by atoms with E-state index in [4.69, 9.17) is 0 Å². The van der Waals surface area contributed by atoms with E-state index in [9.17, 15) is 4.79 Å². The van der Waals surface area contributed by atoms with Gasteiger partial charge in [0.15, 0.2) is 5.82 Å². The average Bonchev–Trinajstić information content (AvgIpc) is 3.02. The van der Waals surface area contributed by atoms with Crippen molar-refractivity contribution in [3.63, 3.8) is 0 Å². The van der Waals surface area contributed by atoms with Crippen LogP contribution < -0.4 is 10.6 Å². The average molecular weight is 345 g/mol. The summed E-state index contributed by atoms with van der Waals surface area (Å²) < 4.78 is 1.74. The van der Waals surface area contributed by atoms with E-state index in [0.29, 0.717) is 11.9 Å². The Morgan fingerprint density at radius 3 is 2.64 bits per heavy atom. The molecule has 2 N–H and O–H groups in total. The largest absolute Gasteiger partial charge is 0.317 e. The van der Waals surface area contributed by atoms with E-state index >= 15 is 0 Å². The van der Waals surface area contributed by atoms with Gasteiger partial charge in [-0.3, -0.25) is 10.1 Å². The zero-order chi connectivity index (χ0) is 17.2. The monoisotopic (exact) mass is 345 g/mol. The number of carbonyl (C=O) groups is 1. The standard InChI is InChI=1S/C19H31N5O/c1-24-19(21-17(23-24)14-8-10-20-11-9-14)22-18(25)16-7-6-13-4-2-3-5-15(13)12-16/h13-16,20H,2-12H2,1H3,(H,21,22,23,25). The van der Waals surface area contributed by atoms with E-state index in [0.717, 1.165) is 56.4 Å². The number of rotatable bonds is 3. The van der Waals surface area contributed by atoms with Gasteiger partial charge in [0.25, 0.3) is 0 Å². The fourth-order valence-electron chi connectivity index (χ4n) is 5.09. The molecule has 25 heavy (non-hydrogen) atoms. The van der Waals surface area contributed by atoms with Gasteiger partial charge in [0.05, 0.1) is 0 Å². The van der Waals surface area contributed by atoms with Gasteiger partial charge >= 0.3 is 0 Å². The minimum absolute atomic E-state index is 0.149. The van der Waals surface area contributed by atoms with Crippen molar-refractivity contribution in [1.29, 1.82) is 0 Å². The van der Waals surface area contributed by atoms with E-state index in [2.05, 4.69) is 20.7 Å². The Balaban J connectivity index is 1.38. The summed E-state index contributed by atoms with van der Waals surface area (Å²) in [6.45, 7) is 2.05. The van der Waals surface area contributed by atoms with Gasteiger partial charge in [0.1, 0.15) is 0 Å². The highest BCUT2D eigenvalue weighted by atomic mass is 16.2. The molecule has 2 saturated carbocycles. The molecule has 2 aliphatic carbocycles. The van der Waals surface area contributed by atoms with Gasteiger partial charge in [-0.1, -0.05) is 25.7 Å². The molecule has 1 aliphatic heterocycles. The van der Waals surface area contributed by atoms with Crippen LogP contribution in [-0.2, 0) is 11.8 Å². The minimum Gasteiger partial charge on any atom is -0.317 e. The molecule has 3 fully saturated rings. The Hall–Kier alpha value is -1.43. The molecular formula is C19H31N5O. The van der Waals surface area contributed by atoms with Crippen LogP contribution in [0.15, 0.2) is 0 Å². The Bertz CT molecular complexity index is 607. The summed E-state index contributed by atoms with van der Waals surface area (Å²) in [5, 5.41) is 11.0. The van der Waals surface area contributed by atoms with Crippen LogP contribution in [-0.4, -0.2) is 33.8 Å². The molecule has 3 aliphatic rings. The van der Waals surface area contributed by atoms with Crippen LogP contribution in [0.3, 0.4) is 0 Å². The third kappa shape index (κ3) is 3.73. The van der Waals surface area contributed by atoms with Crippen molar-refractivity contribution in [2.24, 2.45) is 24.8 Å². The summed E-state index contributed by atoms with van der Waals surface area (Å²) in [6, 6.07) is 0. The molecule has 4 rings (SSSR count). The lowest BCUT2D eigenvalue weighted by atomic mass is 9.67. The van der Waals surface area contributed by atoms with Crippen LogP contribution in [0.5, 0.6) is 0 Å². The molecule has 0 spiro atoms. The SMILES string of the molecule is Cn1nc(C2CCNCC2)nc1NC(=O)C1CCC2CCCCC2C1. The normalized spacial score (nSPS) is 30.7. The lowest BCUT2D eigenvalue weighted by Crippen LogP contribution is -2.34. The van der Waals surface area contributed by atoms with Crippen LogP contribution in [0.1, 0.15) is 69.5 Å². The number of nitrogens with zero attached hydrogens (tertiary/aromatic N) is 3. The maximum atomic E-state index is 12.8. The summed E-state index contributed by atoms with van der Waals surface area (Å²) >= 11 is 0. The zero-order valence-electron chi connectivity index (χ0n) is 15.3. The number of nitrogens with one attached hydrogen (secondary N) is 2. The second-order valence-corrected chi connectivity index (χ2v) is 8.25. The van der Waals surface area contributed by atoms with Gasteiger partial charge in [0, 0.05) is 18.9 Å². The molecule has 1 aromatic heterocycles. The predicted octanol–water partition coefficient (Wildman–Crippen LogP) is 2.83. The van der Waals surface area contributed by atoms with Crippen molar-refractivity contribution < 1.29 is 4.79 Å². The molecule has 6 nitrogen and oxygen atoms in total.